The van der Waals surface area contributed by atoms with Crippen LogP contribution in [0.2, 0.25) is 0 Å². The number of hydrogen-bond acceptors (Lipinski definition) is 5. The number of amides is 2. The summed E-state index contributed by atoms with van der Waals surface area (Å²) in [6.45, 7) is 0. The lowest BCUT2D eigenvalue weighted by Gasteiger charge is -2.26. The highest BCUT2D eigenvalue weighted by atomic mass is 32.1. The highest BCUT2D eigenvalue weighted by Crippen LogP contribution is 2.40. The third-order valence-corrected chi connectivity index (χ3v) is 4.86. The summed E-state index contributed by atoms with van der Waals surface area (Å²) < 4.78 is 0. The zero-order valence-electron chi connectivity index (χ0n) is 12.4. The maximum Gasteiger partial charge on any atom is 0.262 e. The van der Waals surface area contributed by atoms with E-state index in [1.165, 1.54) is 16.2 Å². The minimum Gasteiger partial charge on any atom is -0.508 e. The molecule has 3 aromatic rings. The Morgan fingerprint density at radius 3 is 2.17 bits per heavy atom. The van der Waals surface area contributed by atoms with Crippen LogP contribution in [0.4, 0.5) is 0 Å². The highest BCUT2D eigenvalue weighted by Gasteiger charge is 2.42. The Kier molecular flexibility index (Phi) is 3.39. The van der Waals surface area contributed by atoms with Crippen LogP contribution in [-0.4, -0.2) is 26.8 Å². The Labute approximate surface area is 141 Å². The molecule has 0 bridgehead atoms. The van der Waals surface area contributed by atoms with Crippen LogP contribution in [0.3, 0.4) is 0 Å². The molecule has 6 heteroatoms. The van der Waals surface area contributed by atoms with E-state index >= 15 is 0 Å². The Hall–Kier alpha value is -2.99. The second-order valence-corrected chi connectivity index (χ2v) is 6.31. The van der Waals surface area contributed by atoms with Crippen LogP contribution in [0.1, 0.15) is 37.2 Å². The topological polar surface area (TPSA) is 70.5 Å². The molecule has 1 aliphatic heterocycles. The first-order chi connectivity index (χ1) is 11.7. The van der Waals surface area contributed by atoms with Crippen molar-refractivity contribution < 1.29 is 14.7 Å². The van der Waals surface area contributed by atoms with Crippen molar-refractivity contribution in [2.24, 2.45) is 0 Å². The monoisotopic (exact) mass is 336 g/mol. The van der Waals surface area contributed by atoms with Crippen molar-refractivity contribution >= 4 is 23.2 Å². The fourth-order valence-corrected chi connectivity index (χ4v) is 3.67. The Bertz CT molecular complexity index is 902. The summed E-state index contributed by atoms with van der Waals surface area (Å²) in [4.78, 5) is 31.6. The van der Waals surface area contributed by atoms with Gasteiger partial charge in [-0.25, -0.2) is 0 Å². The summed E-state index contributed by atoms with van der Waals surface area (Å²) in [5.74, 6) is -0.693. The summed E-state index contributed by atoms with van der Waals surface area (Å²) >= 11 is 1.34. The minimum absolute atomic E-state index is 0.0347. The number of para-hydroxylation sites is 1. The average Bonchev–Trinajstić information content (AvgIpc) is 3.21. The van der Waals surface area contributed by atoms with Gasteiger partial charge in [-0.15, -0.1) is 11.3 Å². The predicted octanol–water partition coefficient (Wildman–Crippen LogP) is 3.23. The summed E-state index contributed by atoms with van der Waals surface area (Å²) in [5.41, 5.74) is 2.90. The van der Waals surface area contributed by atoms with Gasteiger partial charge in [0.15, 0.2) is 0 Å². The highest BCUT2D eigenvalue weighted by molar-refractivity contribution is 7.09. The van der Waals surface area contributed by atoms with Crippen LogP contribution in [0.25, 0.3) is 0 Å². The quantitative estimate of drug-likeness (QED) is 0.746. The molecular formula is C18H12N2O3S. The van der Waals surface area contributed by atoms with Gasteiger partial charge in [-0.05, 0) is 18.2 Å². The Morgan fingerprint density at radius 1 is 0.958 bits per heavy atom. The molecule has 0 aliphatic carbocycles. The van der Waals surface area contributed by atoms with Gasteiger partial charge in [0, 0.05) is 11.8 Å². The van der Waals surface area contributed by atoms with Crippen molar-refractivity contribution in [3.63, 3.8) is 0 Å². The molecule has 0 saturated carbocycles. The SMILES string of the molecule is O=C1c2ccccc2C(=O)N1C(c1cncs1)c1ccccc1O. The maximum atomic E-state index is 12.8. The van der Waals surface area contributed by atoms with E-state index in [9.17, 15) is 14.7 Å². The van der Waals surface area contributed by atoms with Gasteiger partial charge in [0.05, 0.1) is 21.5 Å². The van der Waals surface area contributed by atoms with Crippen LogP contribution >= 0.6 is 11.3 Å². The molecule has 24 heavy (non-hydrogen) atoms. The predicted molar refractivity (Wildman–Crippen MR) is 89.0 cm³/mol. The summed E-state index contributed by atoms with van der Waals surface area (Å²) in [5, 5.41) is 10.3. The molecule has 1 aliphatic rings. The van der Waals surface area contributed by atoms with Crippen molar-refractivity contribution in [3.8, 4) is 5.75 Å². The summed E-state index contributed by atoms with van der Waals surface area (Å²) in [6, 6.07) is 12.8. The molecule has 0 spiro atoms. The van der Waals surface area contributed by atoms with Crippen molar-refractivity contribution in [2.75, 3.05) is 0 Å². The van der Waals surface area contributed by atoms with E-state index in [0.717, 1.165) is 0 Å². The van der Waals surface area contributed by atoms with E-state index in [2.05, 4.69) is 4.98 Å². The number of benzene rings is 2. The number of rotatable bonds is 3. The van der Waals surface area contributed by atoms with Gasteiger partial charge in [-0.3, -0.25) is 19.5 Å². The molecule has 118 valence electrons. The molecule has 2 aromatic carbocycles. The molecule has 1 atom stereocenters. The van der Waals surface area contributed by atoms with E-state index in [1.54, 1.807) is 60.2 Å². The number of fused-ring (bicyclic) bond motifs is 1. The molecule has 1 N–H and O–H groups in total. The molecule has 5 nitrogen and oxygen atoms in total. The molecule has 4 rings (SSSR count). The number of carbonyl (C=O) groups is 2. The van der Waals surface area contributed by atoms with E-state index in [0.29, 0.717) is 21.6 Å². The lowest BCUT2D eigenvalue weighted by molar-refractivity contribution is 0.0610. The smallest absolute Gasteiger partial charge is 0.262 e. The van der Waals surface area contributed by atoms with Crippen molar-refractivity contribution in [1.29, 1.82) is 0 Å². The lowest BCUT2D eigenvalue weighted by atomic mass is 10.0. The van der Waals surface area contributed by atoms with Crippen LogP contribution in [-0.2, 0) is 0 Å². The number of phenolic OH excluding ortho intramolecular Hbond substituents is 1. The summed E-state index contributed by atoms with van der Waals surface area (Å²) in [6.07, 6.45) is 1.62. The molecule has 1 unspecified atom stereocenters. The molecule has 2 amide bonds. The average molecular weight is 336 g/mol. The van der Waals surface area contributed by atoms with Crippen LogP contribution in [0, 0.1) is 0 Å². The fourth-order valence-electron chi connectivity index (χ4n) is 2.94. The number of aromatic nitrogens is 1. The van der Waals surface area contributed by atoms with Gasteiger partial charge in [0.1, 0.15) is 11.8 Å². The third-order valence-electron chi connectivity index (χ3n) is 4.04. The standard InChI is InChI=1S/C18H12N2O3S/c21-14-8-4-3-7-13(14)16(15-9-19-10-24-15)20-17(22)11-5-1-2-6-12(11)18(20)23/h1-10,16,21H. The summed E-state index contributed by atoms with van der Waals surface area (Å²) in [7, 11) is 0. The van der Waals surface area contributed by atoms with E-state index in [1.807, 2.05) is 0 Å². The van der Waals surface area contributed by atoms with Crippen molar-refractivity contribution in [3.05, 3.63) is 81.8 Å². The van der Waals surface area contributed by atoms with Gasteiger partial charge in [0.25, 0.3) is 11.8 Å². The first-order valence-electron chi connectivity index (χ1n) is 7.31. The first kappa shape index (κ1) is 14.6. The van der Waals surface area contributed by atoms with E-state index < -0.39 is 6.04 Å². The zero-order chi connectivity index (χ0) is 16.7. The molecule has 0 radical (unpaired) electrons. The number of imide groups is 1. The second-order valence-electron chi connectivity index (χ2n) is 5.39. The fraction of sp³-hybridized carbons (Fsp3) is 0.0556. The van der Waals surface area contributed by atoms with Crippen molar-refractivity contribution in [2.45, 2.75) is 6.04 Å². The zero-order valence-corrected chi connectivity index (χ0v) is 13.2. The number of phenols is 1. The number of hydrogen-bond donors (Lipinski definition) is 1. The maximum absolute atomic E-state index is 12.8. The second kappa shape index (κ2) is 5.58. The number of aromatic hydroxyl groups is 1. The van der Waals surface area contributed by atoms with Gasteiger partial charge >= 0.3 is 0 Å². The van der Waals surface area contributed by atoms with Crippen LogP contribution in [0.5, 0.6) is 5.75 Å². The van der Waals surface area contributed by atoms with Crippen molar-refractivity contribution in [1.82, 2.24) is 9.88 Å². The number of carbonyl (C=O) groups excluding carboxylic acids is 2. The normalized spacial score (nSPS) is 14.8. The third kappa shape index (κ3) is 2.11. The van der Waals surface area contributed by atoms with E-state index in [-0.39, 0.29) is 17.6 Å². The molecule has 0 saturated heterocycles. The number of nitrogens with zero attached hydrogens (tertiary/aromatic N) is 2. The molecule has 0 fully saturated rings. The van der Waals surface area contributed by atoms with E-state index in [4.69, 9.17) is 0 Å². The van der Waals surface area contributed by atoms with Gasteiger partial charge in [-0.2, -0.15) is 0 Å². The largest absolute Gasteiger partial charge is 0.508 e. The minimum atomic E-state index is -0.703. The van der Waals surface area contributed by atoms with Gasteiger partial charge in [0.2, 0.25) is 0 Å². The van der Waals surface area contributed by atoms with Crippen LogP contribution < -0.4 is 0 Å². The van der Waals surface area contributed by atoms with Gasteiger partial charge in [-0.1, -0.05) is 30.3 Å². The molecular weight excluding hydrogens is 324 g/mol. The molecule has 2 heterocycles. The lowest BCUT2D eigenvalue weighted by Crippen LogP contribution is -2.34. The Balaban J connectivity index is 1.89. The first-order valence-corrected chi connectivity index (χ1v) is 8.19. The van der Waals surface area contributed by atoms with Crippen LogP contribution in [0.15, 0.2) is 60.2 Å². The Morgan fingerprint density at radius 2 is 1.58 bits per heavy atom. The number of thiazole rings is 1. The van der Waals surface area contributed by atoms with Gasteiger partial charge < -0.3 is 5.11 Å². The molecule has 1 aromatic heterocycles.